The molecule has 1 saturated carbocycles. The van der Waals surface area contributed by atoms with Gasteiger partial charge in [-0.05, 0) is 61.3 Å². The molecule has 3 N–H and O–H groups in total. The van der Waals surface area contributed by atoms with Gasteiger partial charge < -0.3 is 20.5 Å². The number of carbonyl (C=O) groups is 3. The molecule has 1 fully saturated rings. The molecule has 186 valence electrons. The van der Waals surface area contributed by atoms with E-state index in [0.29, 0.717) is 13.0 Å². The Kier molecular flexibility index (Phi) is 7.73. The SMILES string of the molecule is CC(NC(=O)C1CCCC(CNC(=O)OCC2c3ccccc3-c3ccccc32)C1)C(C)C(=O)O. The largest absolute Gasteiger partial charge is 0.481 e. The summed E-state index contributed by atoms with van der Waals surface area (Å²) in [6.45, 7) is 4.04. The fraction of sp³-hybridized carbons (Fsp3) is 0.464. The Morgan fingerprint density at radius 1 is 1.00 bits per heavy atom. The van der Waals surface area contributed by atoms with Crippen LogP contribution in [0.3, 0.4) is 0 Å². The van der Waals surface area contributed by atoms with Gasteiger partial charge in [-0.1, -0.05) is 55.0 Å². The van der Waals surface area contributed by atoms with Crippen LogP contribution in [-0.4, -0.2) is 42.3 Å². The second-order valence-electron chi connectivity index (χ2n) is 9.86. The molecule has 0 radical (unpaired) electrons. The molecule has 0 bridgehead atoms. The second-order valence-corrected chi connectivity index (χ2v) is 9.86. The van der Waals surface area contributed by atoms with Gasteiger partial charge in [0.2, 0.25) is 5.91 Å². The molecule has 35 heavy (non-hydrogen) atoms. The molecule has 0 aliphatic heterocycles. The van der Waals surface area contributed by atoms with Gasteiger partial charge in [-0.3, -0.25) is 9.59 Å². The highest BCUT2D eigenvalue weighted by Gasteiger charge is 2.31. The van der Waals surface area contributed by atoms with Gasteiger partial charge in [0.05, 0.1) is 5.92 Å². The Morgan fingerprint density at radius 2 is 1.63 bits per heavy atom. The first-order chi connectivity index (χ1) is 16.8. The van der Waals surface area contributed by atoms with E-state index in [2.05, 4.69) is 34.9 Å². The Balaban J connectivity index is 1.26. The molecular weight excluding hydrogens is 444 g/mol. The van der Waals surface area contributed by atoms with Crippen LogP contribution in [0.25, 0.3) is 11.1 Å². The number of carboxylic acids is 1. The Bertz CT molecular complexity index is 1040. The lowest BCUT2D eigenvalue weighted by Crippen LogP contribution is -2.44. The molecule has 2 aromatic carbocycles. The average Bonchev–Trinajstić information content (AvgIpc) is 3.19. The van der Waals surface area contributed by atoms with Gasteiger partial charge in [-0.15, -0.1) is 0 Å². The molecular formula is C28H34N2O5. The van der Waals surface area contributed by atoms with Crippen LogP contribution in [0.1, 0.15) is 56.6 Å². The first kappa shape index (κ1) is 24.8. The summed E-state index contributed by atoms with van der Waals surface area (Å²) in [6, 6.07) is 16.0. The summed E-state index contributed by atoms with van der Waals surface area (Å²) >= 11 is 0. The van der Waals surface area contributed by atoms with E-state index < -0.39 is 24.0 Å². The van der Waals surface area contributed by atoms with Crippen LogP contribution in [0.15, 0.2) is 48.5 Å². The summed E-state index contributed by atoms with van der Waals surface area (Å²) in [6.07, 6.45) is 2.85. The van der Waals surface area contributed by atoms with Crippen LogP contribution in [0.2, 0.25) is 0 Å². The number of ether oxygens (including phenoxy) is 1. The maximum absolute atomic E-state index is 12.7. The van der Waals surface area contributed by atoms with E-state index in [4.69, 9.17) is 9.84 Å². The van der Waals surface area contributed by atoms with Crippen LogP contribution in [0.5, 0.6) is 0 Å². The first-order valence-corrected chi connectivity index (χ1v) is 12.5. The smallest absolute Gasteiger partial charge is 0.407 e. The third-order valence-electron chi connectivity index (χ3n) is 7.54. The molecule has 4 atom stereocenters. The minimum absolute atomic E-state index is 0.0195. The third kappa shape index (κ3) is 5.66. The molecule has 7 heteroatoms. The lowest BCUT2D eigenvalue weighted by Gasteiger charge is -2.30. The van der Waals surface area contributed by atoms with Crippen molar-refractivity contribution in [2.45, 2.75) is 51.5 Å². The number of amides is 2. The van der Waals surface area contributed by atoms with Gasteiger partial charge in [0.25, 0.3) is 0 Å². The van der Waals surface area contributed by atoms with Gasteiger partial charge in [-0.2, -0.15) is 0 Å². The van der Waals surface area contributed by atoms with Crippen LogP contribution < -0.4 is 10.6 Å². The number of rotatable bonds is 8. The van der Waals surface area contributed by atoms with E-state index in [0.717, 1.165) is 19.3 Å². The molecule has 2 aliphatic rings. The summed E-state index contributed by atoms with van der Waals surface area (Å²) in [5.41, 5.74) is 4.73. The number of aliphatic carboxylic acids is 1. The van der Waals surface area contributed by atoms with Crippen LogP contribution in [0.4, 0.5) is 4.79 Å². The first-order valence-electron chi connectivity index (χ1n) is 12.5. The third-order valence-corrected chi connectivity index (χ3v) is 7.54. The lowest BCUT2D eigenvalue weighted by molar-refractivity contribution is -0.142. The molecule has 2 aliphatic carbocycles. The average molecular weight is 479 g/mol. The van der Waals surface area contributed by atoms with E-state index in [9.17, 15) is 14.4 Å². The fourth-order valence-electron chi connectivity index (χ4n) is 5.27. The number of fused-ring (bicyclic) bond motifs is 3. The number of alkyl carbamates (subject to hydrolysis) is 1. The molecule has 0 spiro atoms. The molecule has 4 rings (SSSR count). The zero-order valence-electron chi connectivity index (χ0n) is 20.3. The highest BCUT2D eigenvalue weighted by atomic mass is 16.5. The van der Waals surface area contributed by atoms with Crippen molar-refractivity contribution in [3.8, 4) is 11.1 Å². The maximum atomic E-state index is 12.7. The van der Waals surface area contributed by atoms with E-state index in [1.165, 1.54) is 22.3 Å². The Morgan fingerprint density at radius 3 is 2.26 bits per heavy atom. The number of carbonyl (C=O) groups excluding carboxylic acids is 2. The van der Waals surface area contributed by atoms with Gasteiger partial charge in [-0.25, -0.2) is 4.79 Å². The molecule has 0 aromatic heterocycles. The van der Waals surface area contributed by atoms with Crippen LogP contribution in [-0.2, 0) is 14.3 Å². The summed E-state index contributed by atoms with van der Waals surface area (Å²) in [4.78, 5) is 36.3. The minimum atomic E-state index is -0.924. The molecule has 7 nitrogen and oxygen atoms in total. The topological polar surface area (TPSA) is 105 Å². The number of carboxylic acid groups (broad SMARTS) is 1. The predicted octanol–water partition coefficient (Wildman–Crippen LogP) is 4.56. The number of nitrogens with one attached hydrogen (secondary N) is 2. The molecule has 0 heterocycles. The van der Waals surface area contributed by atoms with Crippen molar-refractivity contribution in [3.05, 3.63) is 59.7 Å². The van der Waals surface area contributed by atoms with Gasteiger partial charge in [0.1, 0.15) is 6.61 Å². The highest BCUT2D eigenvalue weighted by molar-refractivity contribution is 5.80. The Labute approximate surface area is 206 Å². The van der Waals surface area contributed by atoms with Gasteiger partial charge >= 0.3 is 12.1 Å². The van der Waals surface area contributed by atoms with E-state index >= 15 is 0 Å². The zero-order chi connectivity index (χ0) is 24.9. The zero-order valence-corrected chi connectivity index (χ0v) is 20.3. The predicted molar refractivity (Wildman–Crippen MR) is 133 cm³/mol. The van der Waals surface area contributed by atoms with Gasteiger partial charge in [0, 0.05) is 24.4 Å². The summed E-state index contributed by atoms with van der Waals surface area (Å²) in [7, 11) is 0. The van der Waals surface area contributed by atoms with E-state index in [-0.39, 0.29) is 30.3 Å². The van der Waals surface area contributed by atoms with Crippen molar-refractivity contribution >= 4 is 18.0 Å². The standard InChI is InChI=1S/C28H34N2O5/c1-17(27(32)33)18(2)30-26(31)20-9-7-8-19(14-20)15-29-28(34)35-16-25-23-12-5-3-10-21(23)22-11-4-6-13-24(22)25/h3-6,10-13,17-20,25H,7-9,14-16H2,1-2H3,(H,29,34)(H,30,31)(H,32,33). The second kappa shape index (κ2) is 10.9. The van der Waals surface area contributed by atoms with Crippen molar-refractivity contribution in [3.63, 3.8) is 0 Å². The maximum Gasteiger partial charge on any atom is 0.407 e. The minimum Gasteiger partial charge on any atom is -0.481 e. The number of hydrogen-bond acceptors (Lipinski definition) is 4. The molecule has 0 saturated heterocycles. The Hall–Kier alpha value is -3.35. The van der Waals surface area contributed by atoms with Crippen LogP contribution >= 0.6 is 0 Å². The molecule has 4 unspecified atom stereocenters. The summed E-state index contributed by atoms with van der Waals surface area (Å²) in [5, 5.41) is 14.9. The van der Waals surface area contributed by atoms with E-state index in [1.807, 2.05) is 24.3 Å². The van der Waals surface area contributed by atoms with Crippen LogP contribution in [0, 0.1) is 17.8 Å². The van der Waals surface area contributed by atoms with E-state index in [1.54, 1.807) is 13.8 Å². The lowest BCUT2D eigenvalue weighted by atomic mass is 9.80. The fourth-order valence-corrected chi connectivity index (χ4v) is 5.27. The van der Waals surface area contributed by atoms with Crippen molar-refractivity contribution < 1.29 is 24.2 Å². The summed E-state index contributed by atoms with van der Waals surface area (Å²) < 4.78 is 5.62. The summed E-state index contributed by atoms with van der Waals surface area (Å²) in [5.74, 6) is -1.63. The quantitative estimate of drug-likeness (QED) is 0.516. The molecule has 2 aromatic rings. The number of hydrogen-bond donors (Lipinski definition) is 3. The van der Waals surface area contributed by atoms with Crippen molar-refractivity contribution in [1.82, 2.24) is 10.6 Å². The highest BCUT2D eigenvalue weighted by Crippen LogP contribution is 2.44. The van der Waals surface area contributed by atoms with Crippen molar-refractivity contribution in [2.24, 2.45) is 17.8 Å². The van der Waals surface area contributed by atoms with Gasteiger partial charge in [0.15, 0.2) is 0 Å². The van der Waals surface area contributed by atoms with Crippen molar-refractivity contribution in [1.29, 1.82) is 0 Å². The van der Waals surface area contributed by atoms with Crippen molar-refractivity contribution in [2.75, 3.05) is 13.2 Å². The normalized spacial score (nSPS) is 20.7. The molecule has 2 amide bonds. The number of benzene rings is 2. The monoisotopic (exact) mass is 478 g/mol.